The second kappa shape index (κ2) is 6.58. The molecule has 3 aromatic rings. The van der Waals surface area contributed by atoms with Gasteiger partial charge in [0.25, 0.3) is 5.91 Å². The van der Waals surface area contributed by atoms with Crippen LogP contribution in [0.4, 0.5) is 5.69 Å². The van der Waals surface area contributed by atoms with Gasteiger partial charge in [-0.1, -0.05) is 23.2 Å². The van der Waals surface area contributed by atoms with Crippen LogP contribution in [0.5, 0.6) is 0 Å². The molecule has 2 amide bonds. The van der Waals surface area contributed by atoms with Gasteiger partial charge in [-0.3, -0.25) is 14.4 Å². The molecule has 0 aliphatic carbocycles. The lowest BCUT2D eigenvalue weighted by atomic mass is 10.2. The van der Waals surface area contributed by atoms with E-state index in [2.05, 4.69) is 5.32 Å². The second-order valence-corrected chi connectivity index (χ2v) is 5.97. The highest BCUT2D eigenvalue weighted by atomic mass is 35.5. The molecule has 0 atom stereocenters. The molecule has 3 N–H and O–H groups in total. The zero-order chi connectivity index (χ0) is 18.1. The Morgan fingerprint density at radius 1 is 1.04 bits per heavy atom. The van der Waals surface area contributed by atoms with E-state index < -0.39 is 17.2 Å². The highest BCUT2D eigenvalue weighted by Crippen LogP contribution is 2.24. The largest absolute Gasteiger partial charge is 0.451 e. The second-order valence-electron chi connectivity index (χ2n) is 5.13. The molecule has 2 aromatic carbocycles. The van der Waals surface area contributed by atoms with Crippen LogP contribution in [0.15, 0.2) is 51.7 Å². The Labute approximate surface area is 151 Å². The maximum absolute atomic E-state index is 12.4. The lowest BCUT2D eigenvalue weighted by Gasteiger charge is -2.08. The topological polar surface area (TPSA) is 102 Å². The van der Waals surface area contributed by atoms with E-state index in [0.717, 1.165) is 6.07 Å². The zero-order valence-corrected chi connectivity index (χ0v) is 14.0. The molecular weight excluding hydrogens is 367 g/mol. The van der Waals surface area contributed by atoms with Crippen molar-refractivity contribution in [3.63, 3.8) is 0 Å². The fraction of sp³-hybridized carbons (Fsp3) is 0. The van der Waals surface area contributed by atoms with Gasteiger partial charge in [0.15, 0.2) is 11.2 Å². The molecule has 0 bridgehead atoms. The molecule has 6 nitrogen and oxygen atoms in total. The number of carbonyl (C=O) groups is 2. The molecule has 1 heterocycles. The molecule has 0 unspecified atom stereocenters. The summed E-state index contributed by atoms with van der Waals surface area (Å²) in [5, 5.41) is 3.33. The van der Waals surface area contributed by atoms with Crippen molar-refractivity contribution in [3.05, 3.63) is 74.1 Å². The Bertz CT molecular complexity index is 1080. The molecule has 0 spiro atoms. The summed E-state index contributed by atoms with van der Waals surface area (Å²) in [7, 11) is 0. The lowest BCUT2D eigenvalue weighted by Crippen LogP contribution is -2.16. The van der Waals surface area contributed by atoms with Crippen molar-refractivity contribution in [2.24, 2.45) is 5.73 Å². The van der Waals surface area contributed by atoms with Crippen LogP contribution in [0.1, 0.15) is 20.9 Å². The van der Waals surface area contributed by atoms with Crippen molar-refractivity contribution < 1.29 is 14.0 Å². The number of carbonyl (C=O) groups excluding carboxylic acids is 2. The Morgan fingerprint density at radius 2 is 1.80 bits per heavy atom. The Hall–Kier alpha value is -2.83. The smallest absolute Gasteiger partial charge is 0.291 e. The van der Waals surface area contributed by atoms with E-state index in [4.69, 9.17) is 33.4 Å². The van der Waals surface area contributed by atoms with E-state index in [1.807, 2.05) is 0 Å². The molecule has 1 aromatic heterocycles. The van der Waals surface area contributed by atoms with E-state index in [1.165, 1.54) is 30.3 Å². The first-order valence-corrected chi connectivity index (χ1v) is 7.75. The van der Waals surface area contributed by atoms with E-state index >= 15 is 0 Å². The summed E-state index contributed by atoms with van der Waals surface area (Å²) in [6.07, 6.45) is 0. The van der Waals surface area contributed by atoms with E-state index in [0.29, 0.717) is 5.02 Å². The molecule has 0 saturated heterocycles. The number of nitrogens with two attached hydrogens (primary N) is 1. The highest BCUT2D eigenvalue weighted by molar-refractivity contribution is 6.34. The number of rotatable bonds is 3. The van der Waals surface area contributed by atoms with Gasteiger partial charge in [0.2, 0.25) is 5.91 Å². The SMILES string of the molecule is NC(=O)c1ccc(Cl)c(NC(=O)c2cc(=O)c3cc(Cl)ccc3o2)c1. The minimum Gasteiger partial charge on any atom is -0.451 e. The van der Waals surface area contributed by atoms with Gasteiger partial charge >= 0.3 is 0 Å². The molecule has 0 saturated carbocycles. The summed E-state index contributed by atoms with van der Waals surface area (Å²) in [4.78, 5) is 35.7. The summed E-state index contributed by atoms with van der Waals surface area (Å²) in [5.41, 5.74) is 5.36. The standard InChI is InChI=1S/C17H10Cl2N2O4/c18-9-2-4-14-10(6-9)13(22)7-15(25-14)17(24)21-12-5-8(16(20)23)1-3-11(12)19/h1-7H,(H2,20,23)(H,21,24). The van der Waals surface area contributed by atoms with Crippen molar-refractivity contribution in [3.8, 4) is 0 Å². The molecule has 25 heavy (non-hydrogen) atoms. The summed E-state index contributed by atoms with van der Waals surface area (Å²) >= 11 is 11.8. The van der Waals surface area contributed by atoms with Crippen LogP contribution < -0.4 is 16.5 Å². The first kappa shape index (κ1) is 17.0. The number of hydrogen-bond donors (Lipinski definition) is 2. The van der Waals surface area contributed by atoms with Crippen LogP contribution in [0.3, 0.4) is 0 Å². The van der Waals surface area contributed by atoms with Crippen LogP contribution in [0.2, 0.25) is 10.0 Å². The Kier molecular flexibility index (Phi) is 4.48. The molecular formula is C17H10Cl2N2O4. The third kappa shape index (κ3) is 3.50. The number of primary amides is 1. The van der Waals surface area contributed by atoms with Crippen molar-refractivity contribution in [1.82, 2.24) is 0 Å². The number of anilines is 1. The molecule has 3 rings (SSSR count). The minimum atomic E-state index is -0.697. The fourth-order valence-electron chi connectivity index (χ4n) is 2.20. The number of fused-ring (bicyclic) bond motifs is 1. The predicted molar refractivity (Wildman–Crippen MR) is 95.4 cm³/mol. The van der Waals surface area contributed by atoms with Gasteiger partial charge in [-0.25, -0.2) is 0 Å². The van der Waals surface area contributed by atoms with Gasteiger partial charge in [-0.2, -0.15) is 0 Å². The van der Waals surface area contributed by atoms with Gasteiger partial charge in [-0.05, 0) is 36.4 Å². The van der Waals surface area contributed by atoms with Crippen molar-refractivity contribution in [2.75, 3.05) is 5.32 Å². The van der Waals surface area contributed by atoms with Crippen molar-refractivity contribution in [2.45, 2.75) is 0 Å². The van der Waals surface area contributed by atoms with Crippen molar-refractivity contribution >= 4 is 51.7 Å². The molecule has 0 aliphatic heterocycles. The molecule has 8 heteroatoms. The quantitative estimate of drug-likeness (QED) is 0.730. The first-order chi connectivity index (χ1) is 11.8. The van der Waals surface area contributed by atoms with Crippen LogP contribution in [0, 0.1) is 0 Å². The summed E-state index contributed by atoms with van der Waals surface area (Å²) in [5.74, 6) is -1.57. The average molecular weight is 377 g/mol. The normalized spacial score (nSPS) is 10.6. The van der Waals surface area contributed by atoms with Crippen LogP contribution in [-0.2, 0) is 0 Å². The molecule has 0 aliphatic rings. The van der Waals surface area contributed by atoms with Gasteiger partial charge in [-0.15, -0.1) is 0 Å². The maximum atomic E-state index is 12.4. The fourth-order valence-corrected chi connectivity index (χ4v) is 2.54. The number of nitrogens with one attached hydrogen (secondary N) is 1. The number of hydrogen-bond acceptors (Lipinski definition) is 4. The Balaban J connectivity index is 1.98. The molecule has 0 fully saturated rings. The number of amides is 2. The minimum absolute atomic E-state index is 0.168. The summed E-state index contributed by atoms with van der Waals surface area (Å²) in [6.45, 7) is 0. The average Bonchev–Trinajstić information content (AvgIpc) is 2.57. The Morgan fingerprint density at radius 3 is 2.52 bits per heavy atom. The van der Waals surface area contributed by atoms with Crippen LogP contribution in [-0.4, -0.2) is 11.8 Å². The highest BCUT2D eigenvalue weighted by Gasteiger charge is 2.15. The van der Waals surface area contributed by atoms with Gasteiger partial charge in [0.05, 0.1) is 16.1 Å². The molecule has 126 valence electrons. The summed E-state index contributed by atoms with van der Waals surface area (Å²) in [6, 6.07) is 9.74. The summed E-state index contributed by atoms with van der Waals surface area (Å²) < 4.78 is 5.44. The van der Waals surface area contributed by atoms with Crippen LogP contribution in [0.25, 0.3) is 11.0 Å². The predicted octanol–water partition coefficient (Wildman–Crippen LogP) is 3.45. The van der Waals surface area contributed by atoms with E-state index in [-0.39, 0.29) is 33.0 Å². The van der Waals surface area contributed by atoms with Crippen molar-refractivity contribution in [1.29, 1.82) is 0 Å². The third-order valence-corrected chi connectivity index (χ3v) is 3.98. The maximum Gasteiger partial charge on any atom is 0.291 e. The zero-order valence-electron chi connectivity index (χ0n) is 12.5. The number of benzene rings is 2. The van der Waals surface area contributed by atoms with E-state index in [1.54, 1.807) is 6.07 Å². The monoisotopic (exact) mass is 376 g/mol. The van der Waals surface area contributed by atoms with E-state index in [9.17, 15) is 14.4 Å². The first-order valence-electron chi connectivity index (χ1n) is 6.99. The number of halogens is 2. The molecule has 0 radical (unpaired) electrons. The van der Waals surface area contributed by atoms with Gasteiger partial charge < -0.3 is 15.5 Å². The van der Waals surface area contributed by atoms with Crippen LogP contribution >= 0.6 is 23.2 Å². The third-order valence-electron chi connectivity index (χ3n) is 3.41. The van der Waals surface area contributed by atoms with Gasteiger partial charge in [0.1, 0.15) is 5.58 Å². The van der Waals surface area contributed by atoms with Gasteiger partial charge in [0, 0.05) is 16.7 Å². The lowest BCUT2D eigenvalue weighted by molar-refractivity contribution is 0.0988.